The van der Waals surface area contributed by atoms with Crippen molar-refractivity contribution in [2.45, 2.75) is 25.4 Å². The van der Waals surface area contributed by atoms with Gasteiger partial charge in [-0.25, -0.2) is 4.98 Å². The molecule has 0 bridgehead atoms. The normalized spacial score (nSPS) is 16.2. The van der Waals surface area contributed by atoms with Crippen LogP contribution in [0.1, 0.15) is 35.2 Å². The fraction of sp³-hybridized carbons (Fsp3) is 0.381. The zero-order valence-corrected chi connectivity index (χ0v) is 17.0. The van der Waals surface area contributed by atoms with Gasteiger partial charge in [-0.1, -0.05) is 12.1 Å². The van der Waals surface area contributed by atoms with Crippen molar-refractivity contribution in [1.29, 1.82) is 0 Å². The topological polar surface area (TPSA) is 104 Å². The van der Waals surface area contributed by atoms with Crippen molar-refractivity contribution in [1.82, 2.24) is 24.6 Å². The summed E-state index contributed by atoms with van der Waals surface area (Å²) < 4.78 is 1.49. The molecular weight excluding hydrogens is 384 g/mol. The Kier molecular flexibility index (Phi) is 5.45. The molecule has 1 aromatic carbocycles. The smallest absolute Gasteiger partial charge is 0.274 e. The molecule has 1 aliphatic heterocycles. The lowest BCUT2D eigenvalue weighted by atomic mass is 10.1. The lowest BCUT2D eigenvalue weighted by Gasteiger charge is -2.26. The van der Waals surface area contributed by atoms with E-state index in [9.17, 15) is 14.7 Å². The van der Waals surface area contributed by atoms with Crippen LogP contribution >= 0.6 is 0 Å². The van der Waals surface area contributed by atoms with Crippen LogP contribution < -0.4 is 10.5 Å². The summed E-state index contributed by atoms with van der Waals surface area (Å²) >= 11 is 0. The van der Waals surface area contributed by atoms with Crippen LogP contribution in [0.3, 0.4) is 0 Å². The number of para-hydroxylation sites is 1. The highest BCUT2D eigenvalue weighted by Gasteiger charge is 2.34. The first kappa shape index (κ1) is 20.0. The van der Waals surface area contributed by atoms with Gasteiger partial charge in [0, 0.05) is 20.6 Å². The van der Waals surface area contributed by atoms with E-state index in [1.807, 2.05) is 25.1 Å². The van der Waals surface area contributed by atoms with E-state index in [-0.39, 0.29) is 36.4 Å². The van der Waals surface area contributed by atoms with Crippen molar-refractivity contribution >= 4 is 22.6 Å². The maximum atomic E-state index is 13.2. The van der Waals surface area contributed by atoms with E-state index in [4.69, 9.17) is 4.98 Å². The molecule has 1 amide bonds. The molecule has 3 aromatic rings. The third-order valence-corrected chi connectivity index (χ3v) is 5.35. The Hall–Kier alpha value is -3.33. The number of rotatable bonds is 5. The van der Waals surface area contributed by atoms with Crippen LogP contribution in [0.15, 0.2) is 41.2 Å². The molecular formula is C21H24N6O3. The molecule has 0 spiro atoms. The first-order valence-corrected chi connectivity index (χ1v) is 9.93. The highest BCUT2D eigenvalue weighted by Crippen LogP contribution is 2.32. The minimum absolute atomic E-state index is 0.127. The van der Waals surface area contributed by atoms with Gasteiger partial charge in [0.1, 0.15) is 5.82 Å². The van der Waals surface area contributed by atoms with E-state index in [1.54, 1.807) is 35.2 Å². The van der Waals surface area contributed by atoms with Crippen LogP contribution in [0.2, 0.25) is 0 Å². The number of aliphatic hydroxyl groups excluding tert-OH is 1. The van der Waals surface area contributed by atoms with Gasteiger partial charge >= 0.3 is 0 Å². The number of amides is 1. The molecule has 2 aromatic heterocycles. The maximum Gasteiger partial charge on any atom is 0.274 e. The first-order chi connectivity index (χ1) is 14.5. The molecule has 0 aliphatic carbocycles. The lowest BCUT2D eigenvalue weighted by molar-refractivity contribution is 0.0718. The van der Waals surface area contributed by atoms with Gasteiger partial charge in [0.05, 0.1) is 30.1 Å². The van der Waals surface area contributed by atoms with Gasteiger partial charge in [0.2, 0.25) is 0 Å². The number of carbonyl (C=O) groups is 1. The van der Waals surface area contributed by atoms with Crippen LogP contribution in [0.4, 0.5) is 5.82 Å². The number of fused-ring (bicyclic) bond motifs is 1. The molecule has 30 heavy (non-hydrogen) atoms. The number of hydrogen-bond donors (Lipinski definition) is 1. The number of hydrogen-bond acceptors (Lipinski definition) is 7. The summed E-state index contributed by atoms with van der Waals surface area (Å²) in [5, 5.41) is 18.2. The first-order valence-electron chi connectivity index (χ1n) is 9.93. The van der Waals surface area contributed by atoms with E-state index < -0.39 is 0 Å². The quantitative estimate of drug-likeness (QED) is 0.677. The van der Waals surface area contributed by atoms with Gasteiger partial charge in [-0.3, -0.25) is 14.2 Å². The molecule has 1 fully saturated rings. The number of aromatic nitrogens is 4. The molecule has 1 atom stereocenters. The van der Waals surface area contributed by atoms with Crippen molar-refractivity contribution in [3.05, 3.63) is 58.3 Å². The average molecular weight is 408 g/mol. The van der Waals surface area contributed by atoms with Crippen LogP contribution in [0.5, 0.6) is 0 Å². The summed E-state index contributed by atoms with van der Waals surface area (Å²) in [6, 6.07) is 10.2. The predicted octanol–water partition coefficient (Wildman–Crippen LogP) is 1.22. The van der Waals surface area contributed by atoms with E-state index in [0.717, 1.165) is 6.42 Å². The van der Waals surface area contributed by atoms with Crippen LogP contribution in [-0.2, 0) is 6.54 Å². The van der Waals surface area contributed by atoms with Crippen molar-refractivity contribution in [3.63, 3.8) is 0 Å². The number of nitrogens with zero attached hydrogens (tertiary/aromatic N) is 6. The molecule has 9 heteroatoms. The molecule has 0 saturated carbocycles. The number of anilines is 1. The lowest BCUT2D eigenvalue weighted by Crippen LogP contribution is -2.36. The van der Waals surface area contributed by atoms with Gasteiger partial charge in [-0.15, -0.1) is 10.2 Å². The fourth-order valence-corrected chi connectivity index (χ4v) is 3.86. The van der Waals surface area contributed by atoms with Gasteiger partial charge in [-0.05, 0) is 37.1 Å². The SMILES string of the molecule is CN(C)c1ccc(C(=O)N2CCCC2c2nc3ccccc3c(=O)n2CCO)nn1. The highest BCUT2D eigenvalue weighted by atomic mass is 16.3. The third-order valence-electron chi connectivity index (χ3n) is 5.35. The van der Waals surface area contributed by atoms with Crippen LogP contribution in [0, 0.1) is 0 Å². The second-order valence-corrected chi connectivity index (χ2v) is 7.50. The molecule has 3 heterocycles. The van der Waals surface area contributed by atoms with E-state index in [1.165, 1.54) is 4.57 Å². The standard InChI is InChI=1S/C21H24N6O3/c1-25(2)18-10-9-16(23-24-18)21(30)26-11-5-8-17(26)19-22-15-7-4-3-6-14(15)20(29)27(19)12-13-28/h3-4,6-7,9-10,17,28H,5,8,11-13H2,1-2H3. The minimum atomic E-state index is -0.364. The Bertz CT molecular complexity index is 1130. The van der Waals surface area contributed by atoms with Gasteiger partial charge < -0.3 is 14.9 Å². The largest absolute Gasteiger partial charge is 0.395 e. The van der Waals surface area contributed by atoms with Crippen LogP contribution in [0.25, 0.3) is 10.9 Å². The Morgan fingerprint density at radius 3 is 2.70 bits per heavy atom. The molecule has 9 nitrogen and oxygen atoms in total. The summed E-state index contributed by atoms with van der Waals surface area (Å²) in [4.78, 5) is 34.4. The van der Waals surface area contributed by atoms with Gasteiger partial charge in [-0.2, -0.15) is 0 Å². The molecule has 1 N–H and O–H groups in total. The summed E-state index contributed by atoms with van der Waals surface area (Å²) in [6.07, 6.45) is 1.48. The van der Waals surface area contributed by atoms with E-state index in [2.05, 4.69) is 10.2 Å². The van der Waals surface area contributed by atoms with Crippen molar-refractivity contribution < 1.29 is 9.90 Å². The molecule has 4 rings (SSSR count). The van der Waals surface area contributed by atoms with Crippen molar-refractivity contribution in [2.24, 2.45) is 0 Å². The molecule has 1 aliphatic rings. The Morgan fingerprint density at radius 2 is 2.00 bits per heavy atom. The predicted molar refractivity (Wildman–Crippen MR) is 112 cm³/mol. The number of aliphatic hydroxyl groups is 1. The Balaban J connectivity index is 1.74. The summed E-state index contributed by atoms with van der Waals surface area (Å²) in [5.41, 5.74) is 0.629. The summed E-state index contributed by atoms with van der Waals surface area (Å²) in [7, 11) is 3.71. The fourth-order valence-electron chi connectivity index (χ4n) is 3.86. The number of benzene rings is 1. The molecule has 1 saturated heterocycles. The van der Waals surface area contributed by atoms with Gasteiger partial charge in [0.25, 0.3) is 11.5 Å². The van der Waals surface area contributed by atoms with Crippen molar-refractivity contribution in [3.8, 4) is 0 Å². The Morgan fingerprint density at radius 1 is 1.20 bits per heavy atom. The molecule has 0 radical (unpaired) electrons. The third kappa shape index (κ3) is 3.52. The summed E-state index contributed by atoms with van der Waals surface area (Å²) in [5.74, 6) is 0.919. The van der Waals surface area contributed by atoms with Gasteiger partial charge in [0.15, 0.2) is 11.5 Å². The monoisotopic (exact) mass is 408 g/mol. The van der Waals surface area contributed by atoms with Crippen LogP contribution in [-0.4, -0.2) is 62.9 Å². The summed E-state index contributed by atoms with van der Waals surface area (Å²) in [6.45, 7) is 0.482. The zero-order chi connectivity index (χ0) is 21.3. The van der Waals surface area contributed by atoms with Crippen molar-refractivity contribution in [2.75, 3.05) is 32.1 Å². The molecule has 1 unspecified atom stereocenters. The molecule has 156 valence electrons. The van der Waals surface area contributed by atoms with E-state index >= 15 is 0 Å². The Labute approximate surface area is 173 Å². The number of carbonyl (C=O) groups excluding carboxylic acids is 1. The second kappa shape index (κ2) is 8.19. The average Bonchev–Trinajstić information content (AvgIpc) is 3.25. The van der Waals surface area contributed by atoms with E-state index in [0.29, 0.717) is 35.5 Å². The number of likely N-dealkylation sites (tertiary alicyclic amines) is 1. The maximum absolute atomic E-state index is 13.2. The highest BCUT2D eigenvalue weighted by molar-refractivity contribution is 5.92. The minimum Gasteiger partial charge on any atom is -0.395 e. The zero-order valence-electron chi connectivity index (χ0n) is 17.0. The second-order valence-electron chi connectivity index (χ2n) is 7.50.